The second kappa shape index (κ2) is 15.0. The molecule has 220 valence electrons. The van der Waals surface area contributed by atoms with Gasteiger partial charge in [-0.05, 0) is 42.4 Å². The minimum Gasteiger partial charge on any atom is -0.480 e. The number of aliphatic carboxylic acids is 1. The van der Waals surface area contributed by atoms with Crippen molar-refractivity contribution in [2.24, 2.45) is 35.3 Å². The van der Waals surface area contributed by atoms with Crippen molar-refractivity contribution in [3.63, 3.8) is 0 Å². The first-order chi connectivity index (χ1) is 18.0. The standard InChI is InChI=1S/C30H47NO8/c1-10-19(6)13-26(32)37-20(7)15-30(31,29(35)36)16-23-11-12-24(38-27(33)21(8)17(2)3)25(14-23)39-28(34)22(9)18(4)5/h11-12,14,17-22H,10,13,15-16,31H2,1-9H3,(H,35,36)/t19?,20-,21?,22?,30?/m0/s1. The molecule has 1 aromatic rings. The molecule has 0 fully saturated rings. The monoisotopic (exact) mass is 549 g/mol. The molecule has 0 heterocycles. The van der Waals surface area contributed by atoms with Crippen LogP contribution >= 0.6 is 0 Å². The van der Waals surface area contributed by atoms with Crippen LogP contribution in [0.4, 0.5) is 0 Å². The van der Waals surface area contributed by atoms with Crippen LogP contribution < -0.4 is 15.2 Å². The molecule has 1 aromatic carbocycles. The Hall–Kier alpha value is -2.94. The number of carbonyl (C=O) groups is 4. The fourth-order valence-electron chi connectivity index (χ4n) is 3.63. The molecule has 1 rings (SSSR count). The van der Waals surface area contributed by atoms with Gasteiger partial charge in [0.1, 0.15) is 11.6 Å². The van der Waals surface area contributed by atoms with Crippen molar-refractivity contribution in [1.29, 1.82) is 0 Å². The minimum atomic E-state index is -1.77. The average Bonchev–Trinajstić information content (AvgIpc) is 2.83. The predicted molar refractivity (Wildman–Crippen MR) is 148 cm³/mol. The van der Waals surface area contributed by atoms with Gasteiger partial charge in [-0.1, -0.05) is 67.9 Å². The summed E-state index contributed by atoms with van der Waals surface area (Å²) < 4.78 is 16.6. The van der Waals surface area contributed by atoms with E-state index in [2.05, 4.69) is 0 Å². The Kier molecular flexibility index (Phi) is 13.1. The number of carboxylic acid groups (broad SMARTS) is 1. The maximum atomic E-state index is 12.8. The number of carbonyl (C=O) groups excluding carboxylic acids is 3. The molecule has 0 aliphatic heterocycles. The van der Waals surface area contributed by atoms with Crippen molar-refractivity contribution in [2.45, 2.75) is 99.6 Å². The molecule has 9 nitrogen and oxygen atoms in total. The largest absolute Gasteiger partial charge is 0.480 e. The van der Waals surface area contributed by atoms with Gasteiger partial charge in [0.25, 0.3) is 0 Å². The summed E-state index contributed by atoms with van der Waals surface area (Å²) in [5.41, 5.74) is 5.01. The first kappa shape index (κ1) is 34.1. The van der Waals surface area contributed by atoms with Gasteiger partial charge in [-0.3, -0.25) is 19.2 Å². The van der Waals surface area contributed by atoms with E-state index in [1.54, 1.807) is 26.8 Å². The number of hydrogen-bond acceptors (Lipinski definition) is 8. The highest BCUT2D eigenvalue weighted by molar-refractivity contribution is 5.80. The summed E-state index contributed by atoms with van der Waals surface area (Å²) in [6.45, 7) is 16.6. The zero-order chi connectivity index (χ0) is 30.1. The highest BCUT2D eigenvalue weighted by Crippen LogP contribution is 2.33. The third kappa shape index (κ3) is 10.6. The second-order valence-electron chi connectivity index (χ2n) is 11.5. The number of benzene rings is 1. The zero-order valence-corrected chi connectivity index (χ0v) is 24.9. The summed E-state index contributed by atoms with van der Waals surface area (Å²) in [6.07, 6.45) is 0.0616. The van der Waals surface area contributed by atoms with Gasteiger partial charge in [0.2, 0.25) is 0 Å². The Labute approximate surface area is 232 Å². The Bertz CT molecular complexity index is 1000. The first-order valence-electron chi connectivity index (χ1n) is 13.8. The number of hydrogen-bond donors (Lipinski definition) is 2. The molecule has 0 saturated carbocycles. The molecule has 0 amide bonds. The number of nitrogens with two attached hydrogens (primary N) is 1. The molecule has 0 aliphatic rings. The lowest BCUT2D eigenvalue weighted by molar-refractivity contribution is -0.154. The quantitative estimate of drug-likeness (QED) is 0.224. The van der Waals surface area contributed by atoms with Crippen LogP contribution in [0.5, 0.6) is 11.5 Å². The van der Waals surface area contributed by atoms with E-state index >= 15 is 0 Å². The van der Waals surface area contributed by atoms with Crippen LogP contribution in [0.2, 0.25) is 0 Å². The van der Waals surface area contributed by atoms with E-state index in [0.717, 1.165) is 6.42 Å². The second-order valence-corrected chi connectivity index (χ2v) is 11.5. The lowest BCUT2D eigenvalue weighted by Gasteiger charge is -2.28. The Morgan fingerprint density at radius 3 is 1.85 bits per heavy atom. The van der Waals surface area contributed by atoms with Gasteiger partial charge in [-0.2, -0.15) is 0 Å². The lowest BCUT2D eigenvalue weighted by Crippen LogP contribution is -2.52. The predicted octanol–water partition coefficient (Wildman–Crippen LogP) is 5.16. The third-order valence-electron chi connectivity index (χ3n) is 7.31. The zero-order valence-electron chi connectivity index (χ0n) is 24.9. The van der Waals surface area contributed by atoms with E-state index in [9.17, 15) is 24.3 Å². The molecule has 5 atom stereocenters. The third-order valence-corrected chi connectivity index (χ3v) is 7.31. The highest BCUT2D eigenvalue weighted by atomic mass is 16.6. The van der Waals surface area contributed by atoms with Crippen LogP contribution in [-0.4, -0.2) is 40.6 Å². The van der Waals surface area contributed by atoms with Crippen LogP contribution in [0.1, 0.15) is 87.1 Å². The van der Waals surface area contributed by atoms with Crippen LogP contribution in [0, 0.1) is 29.6 Å². The summed E-state index contributed by atoms with van der Waals surface area (Å²) in [4.78, 5) is 49.8. The fourth-order valence-corrected chi connectivity index (χ4v) is 3.63. The Morgan fingerprint density at radius 2 is 1.38 bits per heavy atom. The molecule has 4 unspecified atom stereocenters. The van der Waals surface area contributed by atoms with E-state index in [0.29, 0.717) is 5.56 Å². The number of carboxylic acids is 1. The summed E-state index contributed by atoms with van der Waals surface area (Å²) in [5.74, 6) is -3.18. The molecule has 3 N–H and O–H groups in total. The summed E-state index contributed by atoms with van der Waals surface area (Å²) in [5, 5.41) is 9.98. The van der Waals surface area contributed by atoms with Crippen molar-refractivity contribution >= 4 is 23.9 Å². The maximum absolute atomic E-state index is 12.8. The normalized spacial score (nSPS) is 16.1. The molecule has 9 heteroatoms. The van der Waals surface area contributed by atoms with E-state index in [4.69, 9.17) is 19.9 Å². The SMILES string of the molecule is CCC(C)CC(=O)O[C@@H](C)CC(N)(Cc1ccc(OC(=O)C(C)C(C)C)c(OC(=O)C(C)C(C)C)c1)C(=O)O. The molecule has 0 bridgehead atoms. The van der Waals surface area contributed by atoms with E-state index in [1.807, 2.05) is 41.5 Å². The van der Waals surface area contributed by atoms with Gasteiger partial charge < -0.3 is 25.1 Å². The molecule has 0 aliphatic carbocycles. The van der Waals surface area contributed by atoms with Crippen molar-refractivity contribution in [2.75, 3.05) is 0 Å². The molecule has 0 aromatic heterocycles. The van der Waals surface area contributed by atoms with Gasteiger partial charge in [0.15, 0.2) is 11.5 Å². The smallest absolute Gasteiger partial charge is 0.324 e. The van der Waals surface area contributed by atoms with Gasteiger partial charge in [-0.15, -0.1) is 0 Å². The number of esters is 3. The van der Waals surface area contributed by atoms with Gasteiger partial charge in [-0.25, -0.2) is 0 Å². The molecule has 39 heavy (non-hydrogen) atoms. The Morgan fingerprint density at radius 1 is 0.872 bits per heavy atom. The summed E-state index contributed by atoms with van der Waals surface area (Å²) in [6, 6.07) is 4.52. The van der Waals surface area contributed by atoms with E-state index in [-0.39, 0.29) is 48.5 Å². The van der Waals surface area contributed by atoms with Crippen molar-refractivity contribution < 1.29 is 38.5 Å². The van der Waals surface area contributed by atoms with Crippen LogP contribution in [-0.2, 0) is 30.3 Å². The molecule has 0 spiro atoms. The lowest BCUT2D eigenvalue weighted by atomic mass is 9.86. The van der Waals surface area contributed by atoms with Gasteiger partial charge in [0, 0.05) is 19.3 Å². The van der Waals surface area contributed by atoms with Crippen LogP contribution in [0.15, 0.2) is 18.2 Å². The van der Waals surface area contributed by atoms with Gasteiger partial charge in [0.05, 0.1) is 11.8 Å². The van der Waals surface area contributed by atoms with E-state index < -0.39 is 47.4 Å². The fraction of sp³-hybridized carbons (Fsp3) is 0.667. The van der Waals surface area contributed by atoms with E-state index in [1.165, 1.54) is 12.1 Å². The Balaban J connectivity index is 3.26. The van der Waals surface area contributed by atoms with Crippen LogP contribution in [0.25, 0.3) is 0 Å². The molecular formula is C30H47NO8. The minimum absolute atomic E-state index is 0.00933. The molecule has 0 radical (unpaired) electrons. The van der Waals surface area contributed by atoms with Crippen molar-refractivity contribution in [3.05, 3.63) is 23.8 Å². The van der Waals surface area contributed by atoms with Crippen LogP contribution in [0.3, 0.4) is 0 Å². The summed E-state index contributed by atoms with van der Waals surface area (Å²) >= 11 is 0. The highest BCUT2D eigenvalue weighted by Gasteiger charge is 2.37. The molecule has 0 saturated heterocycles. The number of ether oxygens (including phenoxy) is 3. The topological polar surface area (TPSA) is 142 Å². The van der Waals surface area contributed by atoms with Crippen molar-refractivity contribution in [3.8, 4) is 11.5 Å². The first-order valence-corrected chi connectivity index (χ1v) is 13.8. The maximum Gasteiger partial charge on any atom is 0.324 e. The number of rotatable bonds is 15. The summed E-state index contributed by atoms with van der Waals surface area (Å²) in [7, 11) is 0. The van der Waals surface area contributed by atoms with Gasteiger partial charge >= 0.3 is 23.9 Å². The van der Waals surface area contributed by atoms with Crippen molar-refractivity contribution in [1.82, 2.24) is 0 Å². The average molecular weight is 550 g/mol. The molecular weight excluding hydrogens is 502 g/mol.